The minimum Gasteiger partial charge on any atom is -0.474 e. The Morgan fingerprint density at radius 1 is 1.02 bits per heavy atom. The van der Waals surface area contributed by atoms with E-state index in [1.54, 1.807) is 0 Å². The highest BCUT2D eigenvalue weighted by Gasteiger charge is 2.26. The average Bonchev–Trinajstić information content (AvgIpc) is 3.06. The normalized spacial score (nSPS) is 22.1. The molecule has 6 rings (SSSR count). The molecule has 0 unspecified atom stereocenters. The fourth-order valence-corrected chi connectivity index (χ4v) is 7.41. The van der Waals surface area contributed by atoms with Gasteiger partial charge in [-0.15, -0.1) is 0 Å². The third kappa shape index (κ3) is 7.50. The van der Waals surface area contributed by atoms with Crippen LogP contribution in [0, 0.1) is 12.8 Å². The molecule has 242 valence electrons. The van der Waals surface area contributed by atoms with E-state index in [4.69, 9.17) is 9.72 Å². The Balaban J connectivity index is 1.11. The highest BCUT2D eigenvalue weighted by atomic mass is 16.5. The number of hydrogen-bond donors (Lipinski definition) is 2. The number of nitrogens with one attached hydrogen (secondary N) is 2. The molecule has 8 heteroatoms. The van der Waals surface area contributed by atoms with Gasteiger partial charge in [0.2, 0.25) is 5.88 Å². The van der Waals surface area contributed by atoms with Crippen LogP contribution >= 0.6 is 0 Å². The lowest BCUT2D eigenvalue weighted by Crippen LogP contribution is -2.46. The summed E-state index contributed by atoms with van der Waals surface area (Å²) in [4.78, 5) is 14.7. The second kappa shape index (κ2) is 14.7. The van der Waals surface area contributed by atoms with Gasteiger partial charge >= 0.3 is 0 Å². The molecule has 0 bridgehead atoms. The molecule has 1 aromatic heterocycles. The summed E-state index contributed by atoms with van der Waals surface area (Å²) in [5.41, 5.74) is 9.98. The minimum atomic E-state index is 0.689. The summed E-state index contributed by atoms with van der Waals surface area (Å²) in [6.45, 7) is 18.3. The zero-order valence-corrected chi connectivity index (χ0v) is 27.9. The lowest BCUT2D eigenvalue weighted by molar-refractivity contribution is 0.190. The van der Waals surface area contributed by atoms with Crippen molar-refractivity contribution in [3.8, 4) is 5.88 Å². The number of benzene rings is 1. The first-order valence-electron chi connectivity index (χ1n) is 17.2. The molecule has 0 radical (unpaired) electrons. The number of piperidine rings is 2. The quantitative estimate of drug-likeness (QED) is 0.387. The molecular formula is C37H53N7O. The molecule has 0 atom stereocenters. The Labute approximate surface area is 270 Å². The molecule has 8 nitrogen and oxygen atoms in total. The summed E-state index contributed by atoms with van der Waals surface area (Å²) in [7, 11) is 2.14. The van der Waals surface area contributed by atoms with Crippen molar-refractivity contribution in [2.75, 3.05) is 99.1 Å². The van der Waals surface area contributed by atoms with Crippen molar-refractivity contribution in [3.05, 3.63) is 71.1 Å². The van der Waals surface area contributed by atoms with Crippen molar-refractivity contribution in [1.82, 2.24) is 15.2 Å². The van der Waals surface area contributed by atoms with E-state index in [-0.39, 0.29) is 0 Å². The van der Waals surface area contributed by atoms with Crippen molar-refractivity contribution in [1.29, 1.82) is 0 Å². The molecule has 3 saturated heterocycles. The molecule has 1 aromatic carbocycles. The first-order valence-corrected chi connectivity index (χ1v) is 17.2. The van der Waals surface area contributed by atoms with E-state index in [2.05, 4.69) is 101 Å². The third-order valence-electron chi connectivity index (χ3n) is 10.0. The summed E-state index contributed by atoms with van der Waals surface area (Å²) in [5, 5.41) is 7.22. The van der Waals surface area contributed by atoms with Gasteiger partial charge in [-0.2, -0.15) is 0 Å². The molecule has 0 saturated carbocycles. The predicted octanol–water partition coefficient (Wildman–Crippen LogP) is 5.83. The van der Waals surface area contributed by atoms with Crippen LogP contribution in [0.2, 0.25) is 0 Å². The Kier molecular flexibility index (Phi) is 10.3. The van der Waals surface area contributed by atoms with E-state index in [9.17, 15) is 0 Å². The molecule has 3 fully saturated rings. The Morgan fingerprint density at radius 3 is 2.53 bits per heavy atom. The molecule has 0 spiro atoms. The van der Waals surface area contributed by atoms with Crippen LogP contribution in [0.15, 0.2) is 65.5 Å². The Hall–Kier alpha value is -3.49. The van der Waals surface area contributed by atoms with Crippen molar-refractivity contribution in [3.63, 3.8) is 0 Å². The highest BCUT2D eigenvalue weighted by Crippen LogP contribution is 2.39. The van der Waals surface area contributed by atoms with Crippen LogP contribution in [-0.2, 0) is 0 Å². The third-order valence-corrected chi connectivity index (χ3v) is 10.0. The maximum Gasteiger partial charge on any atom is 0.238 e. The molecule has 5 heterocycles. The molecule has 2 N–H and O–H groups in total. The van der Waals surface area contributed by atoms with Crippen molar-refractivity contribution < 1.29 is 4.74 Å². The first-order chi connectivity index (χ1) is 22.0. The van der Waals surface area contributed by atoms with Gasteiger partial charge in [-0.1, -0.05) is 19.1 Å². The van der Waals surface area contributed by atoms with Crippen molar-refractivity contribution in [2.45, 2.75) is 46.5 Å². The van der Waals surface area contributed by atoms with Gasteiger partial charge in [-0.3, -0.25) is 0 Å². The fraction of sp³-hybridized carbons (Fsp3) is 0.541. The molecule has 0 aliphatic carbocycles. The van der Waals surface area contributed by atoms with Crippen LogP contribution in [0.5, 0.6) is 5.88 Å². The highest BCUT2D eigenvalue weighted by molar-refractivity contribution is 5.72. The van der Waals surface area contributed by atoms with Gasteiger partial charge < -0.3 is 35.0 Å². The number of ether oxygens (including phenoxy) is 1. The number of pyridine rings is 1. The molecule has 4 aliphatic rings. The Bertz CT molecular complexity index is 1380. The fourth-order valence-electron chi connectivity index (χ4n) is 7.41. The number of hydrogen-bond acceptors (Lipinski definition) is 8. The second-order valence-corrected chi connectivity index (χ2v) is 13.1. The number of piperazine rings is 1. The number of fused-ring (bicyclic) bond motifs is 1. The first kappa shape index (κ1) is 31.5. The van der Waals surface area contributed by atoms with Gasteiger partial charge in [0.25, 0.3) is 0 Å². The van der Waals surface area contributed by atoms with Crippen LogP contribution in [0.1, 0.15) is 45.1 Å². The zero-order chi connectivity index (χ0) is 31.2. The van der Waals surface area contributed by atoms with Crippen LogP contribution < -0.4 is 30.1 Å². The monoisotopic (exact) mass is 611 g/mol. The lowest BCUT2D eigenvalue weighted by Gasteiger charge is -2.37. The summed E-state index contributed by atoms with van der Waals surface area (Å²) in [5.74, 6) is 1.58. The summed E-state index contributed by atoms with van der Waals surface area (Å²) in [6, 6.07) is 9.08. The Morgan fingerprint density at radius 2 is 1.80 bits per heavy atom. The van der Waals surface area contributed by atoms with E-state index in [1.807, 2.05) is 6.20 Å². The average molecular weight is 612 g/mol. The van der Waals surface area contributed by atoms with Crippen LogP contribution in [0.4, 0.5) is 22.7 Å². The van der Waals surface area contributed by atoms with Crippen molar-refractivity contribution >= 4 is 22.7 Å². The van der Waals surface area contributed by atoms with Crippen LogP contribution in [-0.4, -0.2) is 89.0 Å². The molecular weight excluding hydrogens is 558 g/mol. The van der Waals surface area contributed by atoms with E-state index in [0.29, 0.717) is 6.61 Å². The lowest BCUT2D eigenvalue weighted by atomic mass is 9.95. The smallest absolute Gasteiger partial charge is 0.238 e. The number of allylic oxidation sites excluding steroid dienone is 3. The van der Waals surface area contributed by atoms with Crippen LogP contribution in [0.3, 0.4) is 0 Å². The topological polar surface area (TPSA) is 59.1 Å². The van der Waals surface area contributed by atoms with E-state index in [1.165, 1.54) is 60.6 Å². The van der Waals surface area contributed by atoms with E-state index >= 15 is 0 Å². The van der Waals surface area contributed by atoms with Gasteiger partial charge in [0.05, 0.1) is 18.4 Å². The van der Waals surface area contributed by atoms with Gasteiger partial charge in [0.15, 0.2) is 0 Å². The van der Waals surface area contributed by atoms with Gasteiger partial charge in [0, 0.05) is 88.6 Å². The zero-order valence-electron chi connectivity index (χ0n) is 27.9. The summed E-state index contributed by atoms with van der Waals surface area (Å²) < 4.78 is 5.87. The van der Waals surface area contributed by atoms with Crippen molar-refractivity contribution in [2.24, 2.45) is 5.92 Å². The SMILES string of the molecule is C/C=C1/CCN(c2cnc3c(c2C)N(C)CCO3)C/C1=C/C(=C/CC)Nc1ccc(N2CCC(CN3CCNCC3)CC2)cc1. The molecule has 4 aliphatic heterocycles. The maximum atomic E-state index is 5.87. The number of anilines is 4. The second-order valence-electron chi connectivity index (χ2n) is 13.1. The largest absolute Gasteiger partial charge is 0.474 e. The minimum absolute atomic E-state index is 0.689. The summed E-state index contributed by atoms with van der Waals surface area (Å²) in [6.07, 6.45) is 13.5. The van der Waals surface area contributed by atoms with Gasteiger partial charge in [0.1, 0.15) is 12.3 Å². The summed E-state index contributed by atoms with van der Waals surface area (Å²) >= 11 is 0. The van der Waals surface area contributed by atoms with E-state index in [0.717, 1.165) is 87.5 Å². The molecule has 45 heavy (non-hydrogen) atoms. The van der Waals surface area contributed by atoms with Crippen LogP contribution in [0.25, 0.3) is 0 Å². The predicted molar refractivity (Wildman–Crippen MR) is 189 cm³/mol. The standard InChI is InChI=1S/C37H53N7O/c1-5-7-33(40-32-8-10-34(11-9-32)43-17-12-29(13-18-43)26-42-20-15-38-16-21-42)24-31-27-44(19-14-30(31)6-2)35-25-39-37-36(28(35)3)41(4)22-23-45-37/h6-11,24-25,29,38,40H,5,12-23,26-27H2,1-4H3/b30-6-,31-24-,33-7-. The number of nitrogens with zero attached hydrogens (tertiary/aromatic N) is 5. The molecule has 2 aromatic rings. The number of aromatic nitrogens is 1. The van der Waals surface area contributed by atoms with E-state index < -0.39 is 0 Å². The molecule has 0 amide bonds. The van der Waals surface area contributed by atoms with Gasteiger partial charge in [-0.25, -0.2) is 4.98 Å². The maximum absolute atomic E-state index is 5.87. The number of rotatable bonds is 8. The van der Waals surface area contributed by atoms with Gasteiger partial charge in [-0.05, 0) is 86.9 Å². The number of likely N-dealkylation sites (N-methyl/N-ethyl adjacent to an activating group) is 1.